The van der Waals surface area contributed by atoms with E-state index in [2.05, 4.69) is 5.32 Å². The van der Waals surface area contributed by atoms with Crippen LogP contribution in [0.25, 0.3) is 0 Å². The third-order valence-electron chi connectivity index (χ3n) is 4.53. The molecule has 0 bridgehead atoms. The van der Waals surface area contributed by atoms with Gasteiger partial charge in [-0.2, -0.15) is 0 Å². The molecule has 1 aliphatic rings. The molecule has 0 spiro atoms. The Bertz CT molecular complexity index is 738. The lowest BCUT2D eigenvalue weighted by Gasteiger charge is -2.16. The molecule has 1 aliphatic carbocycles. The van der Waals surface area contributed by atoms with Gasteiger partial charge in [-0.15, -0.1) is 0 Å². The fourth-order valence-corrected chi connectivity index (χ4v) is 3.06. The van der Waals surface area contributed by atoms with Gasteiger partial charge in [-0.25, -0.2) is 4.79 Å². The monoisotopic (exact) mass is 353 g/mol. The second kappa shape index (κ2) is 8.52. The summed E-state index contributed by atoms with van der Waals surface area (Å²) in [5.74, 6) is 0.0321. The van der Waals surface area contributed by atoms with Crippen molar-refractivity contribution in [3.63, 3.8) is 0 Å². The van der Waals surface area contributed by atoms with Crippen molar-refractivity contribution in [2.24, 2.45) is 5.92 Å². The van der Waals surface area contributed by atoms with Gasteiger partial charge in [-0.1, -0.05) is 42.5 Å². The molecule has 26 heavy (non-hydrogen) atoms. The minimum absolute atomic E-state index is 0.0528. The van der Waals surface area contributed by atoms with E-state index >= 15 is 0 Å². The normalized spacial score (nSPS) is 14.5. The predicted molar refractivity (Wildman–Crippen MR) is 98.2 cm³/mol. The zero-order valence-corrected chi connectivity index (χ0v) is 14.6. The van der Waals surface area contributed by atoms with Crippen LogP contribution in [-0.2, 0) is 16.0 Å². The molecule has 0 saturated heterocycles. The van der Waals surface area contributed by atoms with E-state index in [1.54, 1.807) is 12.1 Å². The van der Waals surface area contributed by atoms with Crippen LogP contribution in [0.2, 0.25) is 0 Å². The Labute approximate surface area is 153 Å². The first-order valence-electron chi connectivity index (χ1n) is 8.89. The molecule has 2 N–H and O–H groups in total. The molecule has 0 aromatic heterocycles. The van der Waals surface area contributed by atoms with Gasteiger partial charge in [0, 0.05) is 6.54 Å². The molecule has 5 heteroatoms. The van der Waals surface area contributed by atoms with E-state index in [1.165, 1.54) is 0 Å². The fraction of sp³-hybridized carbons (Fsp3) is 0.333. The molecule has 0 radical (unpaired) electrons. The second-order valence-electron chi connectivity index (χ2n) is 6.59. The number of hydrogen-bond donors (Lipinski definition) is 2. The number of nitrogens with one attached hydrogen (secondary N) is 1. The van der Waals surface area contributed by atoms with Gasteiger partial charge in [0.25, 0.3) is 0 Å². The zero-order chi connectivity index (χ0) is 18.4. The van der Waals surface area contributed by atoms with Crippen molar-refractivity contribution in [2.75, 3.05) is 13.2 Å². The van der Waals surface area contributed by atoms with Crippen molar-refractivity contribution >= 4 is 11.9 Å². The van der Waals surface area contributed by atoms with Crippen LogP contribution in [0.3, 0.4) is 0 Å². The summed E-state index contributed by atoms with van der Waals surface area (Å²) in [4.78, 5) is 23.1. The Balaban J connectivity index is 1.49. The van der Waals surface area contributed by atoms with E-state index in [1.807, 2.05) is 42.5 Å². The van der Waals surface area contributed by atoms with Gasteiger partial charge < -0.3 is 15.2 Å². The lowest BCUT2D eigenvalue weighted by molar-refractivity contribution is -0.139. The number of ether oxygens (including phenoxy) is 1. The highest BCUT2D eigenvalue weighted by molar-refractivity contribution is 5.84. The summed E-state index contributed by atoms with van der Waals surface area (Å²) >= 11 is 0. The summed E-state index contributed by atoms with van der Waals surface area (Å²) in [6.07, 6.45) is 2.95. The topological polar surface area (TPSA) is 75.6 Å². The maximum Gasteiger partial charge on any atom is 0.341 e. The zero-order valence-electron chi connectivity index (χ0n) is 14.6. The van der Waals surface area contributed by atoms with Gasteiger partial charge in [-0.05, 0) is 48.4 Å². The Kier molecular flexibility index (Phi) is 5.89. The highest BCUT2D eigenvalue weighted by Gasteiger charge is 2.36. The molecule has 2 aromatic rings. The van der Waals surface area contributed by atoms with E-state index in [-0.39, 0.29) is 18.4 Å². The summed E-state index contributed by atoms with van der Waals surface area (Å²) in [6.45, 7) is 0.224. The lowest BCUT2D eigenvalue weighted by Crippen LogP contribution is -2.32. The molecule has 1 fully saturated rings. The van der Waals surface area contributed by atoms with Crippen molar-refractivity contribution < 1.29 is 19.4 Å². The molecule has 1 atom stereocenters. The summed E-state index contributed by atoms with van der Waals surface area (Å²) in [5.41, 5.74) is 2.16. The standard InChI is InChI=1S/C21H23NO4/c23-19(24)14-26-18-10-6-15(7-11-18)12-13-22-21(25)20(17-8-9-17)16-4-2-1-3-5-16/h1-7,10-11,17,20H,8-9,12-14H2,(H,22,25)(H,23,24). The van der Waals surface area contributed by atoms with Crippen LogP contribution in [0.5, 0.6) is 5.75 Å². The third kappa shape index (κ3) is 5.09. The highest BCUT2D eigenvalue weighted by Crippen LogP contribution is 2.42. The number of aliphatic carboxylic acids is 1. The number of carbonyl (C=O) groups excluding carboxylic acids is 1. The Hall–Kier alpha value is -2.82. The summed E-state index contributed by atoms with van der Waals surface area (Å²) in [5, 5.41) is 11.7. The maximum absolute atomic E-state index is 12.6. The van der Waals surface area contributed by atoms with Crippen LogP contribution < -0.4 is 10.1 Å². The van der Waals surface area contributed by atoms with Crippen LogP contribution in [0.4, 0.5) is 0 Å². The molecule has 136 valence electrons. The number of hydrogen-bond acceptors (Lipinski definition) is 3. The first-order chi connectivity index (χ1) is 12.6. The quantitative estimate of drug-likeness (QED) is 0.727. The number of rotatable bonds is 9. The minimum atomic E-state index is -1.000. The van der Waals surface area contributed by atoms with Gasteiger partial charge >= 0.3 is 5.97 Å². The van der Waals surface area contributed by atoms with Gasteiger partial charge in [0.15, 0.2) is 6.61 Å². The van der Waals surface area contributed by atoms with Crippen LogP contribution in [0, 0.1) is 5.92 Å². The van der Waals surface area contributed by atoms with E-state index in [9.17, 15) is 9.59 Å². The van der Waals surface area contributed by atoms with Crippen molar-refractivity contribution in [3.8, 4) is 5.75 Å². The molecule has 5 nitrogen and oxygen atoms in total. The van der Waals surface area contributed by atoms with E-state index in [0.717, 1.165) is 30.4 Å². The minimum Gasteiger partial charge on any atom is -0.482 e. The number of carbonyl (C=O) groups is 2. The Morgan fingerprint density at radius 3 is 2.38 bits per heavy atom. The molecule has 1 saturated carbocycles. The molecule has 0 aliphatic heterocycles. The van der Waals surface area contributed by atoms with Gasteiger partial charge in [0.05, 0.1) is 5.92 Å². The average Bonchev–Trinajstić information content (AvgIpc) is 3.47. The van der Waals surface area contributed by atoms with Crippen molar-refractivity contribution in [1.29, 1.82) is 0 Å². The highest BCUT2D eigenvalue weighted by atomic mass is 16.5. The smallest absolute Gasteiger partial charge is 0.341 e. The SMILES string of the molecule is O=C(O)COc1ccc(CCNC(=O)C(c2ccccc2)C2CC2)cc1. The number of amides is 1. The molecule has 3 rings (SSSR count). The molecular weight excluding hydrogens is 330 g/mol. The predicted octanol–water partition coefficient (Wildman–Crippen LogP) is 3.00. The van der Waals surface area contributed by atoms with Gasteiger partial charge in [0.1, 0.15) is 5.75 Å². The molecule has 0 heterocycles. The maximum atomic E-state index is 12.6. The molecule has 2 aromatic carbocycles. The molecular formula is C21H23NO4. The van der Waals surface area contributed by atoms with Crippen LogP contribution in [0.15, 0.2) is 54.6 Å². The van der Waals surface area contributed by atoms with E-state index < -0.39 is 5.97 Å². The summed E-state index contributed by atoms with van der Waals surface area (Å²) in [7, 11) is 0. The average molecular weight is 353 g/mol. The van der Waals surface area contributed by atoms with E-state index in [4.69, 9.17) is 9.84 Å². The number of carboxylic acid groups (broad SMARTS) is 1. The van der Waals surface area contributed by atoms with Crippen LogP contribution >= 0.6 is 0 Å². The van der Waals surface area contributed by atoms with Crippen molar-refractivity contribution in [3.05, 3.63) is 65.7 Å². The van der Waals surface area contributed by atoms with Crippen LogP contribution in [-0.4, -0.2) is 30.1 Å². The summed E-state index contributed by atoms with van der Waals surface area (Å²) < 4.78 is 5.11. The third-order valence-corrected chi connectivity index (χ3v) is 4.53. The second-order valence-corrected chi connectivity index (χ2v) is 6.59. The summed E-state index contributed by atoms with van der Waals surface area (Å²) in [6, 6.07) is 17.2. The molecule has 1 unspecified atom stereocenters. The first kappa shape index (κ1) is 18.0. The lowest BCUT2D eigenvalue weighted by atomic mass is 9.93. The number of carboxylic acids is 1. The van der Waals surface area contributed by atoms with Gasteiger partial charge in [0.2, 0.25) is 5.91 Å². The Morgan fingerprint density at radius 2 is 1.77 bits per heavy atom. The van der Waals surface area contributed by atoms with E-state index in [0.29, 0.717) is 18.2 Å². The Morgan fingerprint density at radius 1 is 1.08 bits per heavy atom. The fourth-order valence-electron chi connectivity index (χ4n) is 3.06. The number of benzene rings is 2. The van der Waals surface area contributed by atoms with Crippen LogP contribution in [0.1, 0.15) is 29.9 Å². The van der Waals surface area contributed by atoms with Gasteiger partial charge in [-0.3, -0.25) is 4.79 Å². The van der Waals surface area contributed by atoms with Crippen molar-refractivity contribution in [1.82, 2.24) is 5.32 Å². The largest absolute Gasteiger partial charge is 0.482 e. The van der Waals surface area contributed by atoms with Crippen molar-refractivity contribution in [2.45, 2.75) is 25.2 Å². The first-order valence-corrected chi connectivity index (χ1v) is 8.89. The molecule has 1 amide bonds.